The fourth-order valence-corrected chi connectivity index (χ4v) is 3.21. The normalized spacial score (nSPS) is 18.9. The van der Waals surface area contributed by atoms with Crippen LogP contribution in [0.3, 0.4) is 0 Å². The number of benzene rings is 1. The molecular formula is C17H16N4O2. The van der Waals surface area contributed by atoms with Gasteiger partial charge in [0.15, 0.2) is 0 Å². The Hall–Kier alpha value is -2.89. The highest BCUT2D eigenvalue weighted by Crippen LogP contribution is 2.37. The van der Waals surface area contributed by atoms with Gasteiger partial charge in [0.1, 0.15) is 6.04 Å². The lowest BCUT2D eigenvalue weighted by molar-refractivity contribution is -0.117. The van der Waals surface area contributed by atoms with Gasteiger partial charge in [-0.25, -0.2) is 0 Å². The van der Waals surface area contributed by atoms with Crippen molar-refractivity contribution in [3.8, 4) is 0 Å². The van der Waals surface area contributed by atoms with Gasteiger partial charge in [-0.2, -0.15) is 0 Å². The third-order valence-corrected chi connectivity index (χ3v) is 4.30. The maximum atomic E-state index is 12.3. The minimum atomic E-state index is -0.224. The molecule has 1 aromatic carbocycles. The van der Waals surface area contributed by atoms with E-state index in [-0.39, 0.29) is 17.9 Å². The molecule has 0 saturated carbocycles. The van der Waals surface area contributed by atoms with Crippen molar-refractivity contribution in [3.05, 3.63) is 48.3 Å². The van der Waals surface area contributed by atoms with Crippen LogP contribution in [-0.4, -0.2) is 29.4 Å². The van der Waals surface area contributed by atoms with Crippen LogP contribution in [0.5, 0.6) is 0 Å². The average molecular weight is 308 g/mol. The summed E-state index contributed by atoms with van der Waals surface area (Å²) < 4.78 is 0. The molecule has 2 amide bonds. The van der Waals surface area contributed by atoms with Crippen molar-refractivity contribution in [1.29, 1.82) is 0 Å². The molecular weight excluding hydrogens is 292 g/mol. The fraction of sp³-hybridized carbons (Fsp3) is 0.235. The highest BCUT2D eigenvalue weighted by atomic mass is 16.2. The van der Waals surface area contributed by atoms with E-state index in [1.807, 2.05) is 6.07 Å². The molecule has 2 N–H and O–H groups in total. The molecule has 3 heterocycles. The third kappa shape index (κ3) is 2.42. The SMILES string of the molecule is O=C(Nc1cccnc1)c1ccc2c(c1)NC(=O)[C@H]1CCCN21. The zero-order chi connectivity index (χ0) is 15.8. The Morgan fingerprint density at radius 1 is 1.35 bits per heavy atom. The van der Waals surface area contributed by atoms with Crippen LogP contribution in [0.4, 0.5) is 17.1 Å². The summed E-state index contributed by atoms with van der Waals surface area (Å²) in [4.78, 5) is 30.6. The van der Waals surface area contributed by atoms with Gasteiger partial charge < -0.3 is 15.5 Å². The van der Waals surface area contributed by atoms with Gasteiger partial charge in [-0.05, 0) is 43.2 Å². The molecule has 0 aliphatic carbocycles. The standard InChI is InChI=1S/C17H16N4O2/c22-16(19-12-3-1-7-18-10-12)11-5-6-14-13(9-11)20-17(23)15-4-2-8-21(14)15/h1,3,5-7,9-10,15H,2,4,8H2,(H,19,22)(H,20,23)/t15-/m1/s1. The van der Waals surface area contributed by atoms with Gasteiger partial charge in [0.05, 0.1) is 23.3 Å². The summed E-state index contributed by atoms with van der Waals surface area (Å²) in [5, 5.41) is 5.71. The number of carbonyl (C=O) groups excluding carboxylic acids is 2. The molecule has 23 heavy (non-hydrogen) atoms. The number of nitrogens with one attached hydrogen (secondary N) is 2. The zero-order valence-electron chi connectivity index (χ0n) is 12.5. The van der Waals surface area contributed by atoms with Crippen LogP contribution in [0.1, 0.15) is 23.2 Å². The van der Waals surface area contributed by atoms with Gasteiger partial charge in [0.2, 0.25) is 5.91 Å². The largest absolute Gasteiger partial charge is 0.358 e. The molecule has 1 atom stereocenters. The second-order valence-corrected chi connectivity index (χ2v) is 5.77. The molecule has 6 heteroatoms. The van der Waals surface area contributed by atoms with Gasteiger partial charge in [-0.15, -0.1) is 0 Å². The molecule has 116 valence electrons. The number of hydrogen-bond acceptors (Lipinski definition) is 4. The second-order valence-electron chi connectivity index (χ2n) is 5.77. The number of hydrogen-bond donors (Lipinski definition) is 2. The summed E-state index contributed by atoms with van der Waals surface area (Å²) in [5.41, 5.74) is 2.83. The topological polar surface area (TPSA) is 74.3 Å². The highest BCUT2D eigenvalue weighted by molar-refractivity contribution is 6.08. The fourth-order valence-electron chi connectivity index (χ4n) is 3.21. The Balaban J connectivity index is 1.61. The second kappa shape index (κ2) is 5.39. The Kier molecular flexibility index (Phi) is 3.22. The Bertz CT molecular complexity index is 775. The van der Waals surface area contributed by atoms with E-state index < -0.39 is 0 Å². The van der Waals surface area contributed by atoms with Gasteiger partial charge in [0.25, 0.3) is 5.91 Å². The molecule has 2 aromatic rings. The summed E-state index contributed by atoms with van der Waals surface area (Å²) in [6, 6.07) is 8.89. The van der Waals surface area contributed by atoms with Gasteiger partial charge in [-0.3, -0.25) is 14.6 Å². The summed E-state index contributed by atoms with van der Waals surface area (Å²) in [7, 11) is 0. The number of nitrogens with zero attached hydrogens (tertiary/aromatic N) is 2. The van der Waals surface area contributed by atoms with Gasteiger partial charge >= 0.3 is 0 Å². The first-order chi connectivity index (χ1) is 11.2. The lowest BCUT2D eigenvalue weighted by Gasteiger charge is -2.33. The van der Waals surface area contributed by atoms with E-state index in [1.54, 1.807) is 36.7 Å². The Morgan fingerprint density at radius 3 is 3.09 bits per heavy atom. The summed E-state index contributed by atoms with van der Waals surface area (Å²) in [5.74, 6) is -0.210. The van der Waals surface area contributed by atoms with E-state index in [4.69, 9.17) is 0 Å². The molecule has 2 aliphatic rings. The summed E-state index contributed by atoms with van der Waals surface area (Å²) in [6.07, 6.45) is 5.14. The van der Waals surface area contributed by atoms with E-state index in [1.165, 1.54) is 0 Å². The summed E-state index contributed by atoms with van der Waals surface area (Å²) in [6.45, 7) is 0.881. The monoisotopic (exact) mass is 308 g/mol. The number of carbonyl (C=O) groups is 2. The number of amides is 2. The smallest absolute Gasteiger partial charge is 0.255 e. The third-order valence-electron chi connectivity index (χ3n) is 4.30. The van der Waals surface area contributed by atoms with E-state index in [9.17, 15) is 9.59 Å². The molecule has 0 unspecified atom stereocenters. The Labute approximate surface area is 133 Å². The van der Waals surface area contributed by atoms with Crippen LogP contribution in [-0.2, 0) is 4.79 Å². The van der Waals surface area contributed by atoms with E-state index in [2.05, 4.69) is 20.5 Å². The first kappa shape index (κ1) is 13.8. The molecule has 1 aromatic heterocycles. The maximum Gasteiger partial charge on any atom is 0.255 e. The predicted molar refractivity (Wildman–Crippen MR) is 87.6 cm³/mol. The summed E-state index contributed by atoms with van der Waals surface area (Å²) >= 11 is 0. The van der Waals surface area contributed by atoms with Crippen LogP contribution in [0.25, 0.3) is 0 Å². The van der Waals surface area contributed by atoms with Crippen molar-refractivity contribution in [3.63, 3.8) is 0 Å². The molecule has 0 spiro atoms. The molecule has 6 nitrogen and oxygen atoms in total. The number of anilines is 3. The van der Waals surface area contributed by atoms with E-state index in [0.717, 1.165) is 25.1 Å². The zero-order valence-corrected chi connectivity index (χ0v) is 12.5. The van der Waals surface area contributed by atoms with E-state index in [0.29, 0.717) is 16.9 Å². The van der Waals surface area contributed by atoms with Crippen molar-refractivity contribution in [2.24, 2.45) is 0 Å². The molecule has 1 saturated heterocycles. The highest BCUT2D eigenvalue weighted by Gasteiger charge is 2.36. The first-order valence-corrected chi connectivity index (χ1v) is 7.65. The van der Waals surface area contributed by atoms with Gasteiger partial charge in [-0.1, -0.05) is 0 Å². The molecule has 0 radical (unpaired) electrons. The maximum absolute atomic E-state index is 12.3. The predicted octanol–water partition coefficient (Wildman–Crippen LogP) is 2.25. The first-order valence-electron chi connectivity index (χ1n) is 7.65. The molecule has 2 aliphatic heterocycles. The minimum absolute atomic E-state index is 0.0137. The minimum Gasteiger partial charge on any atom is -0.358 e. The van der Waals surface area contributed by atoms with Crippen molar-refractivity contribution in [2.45, 2.75) is 18.9 Å². The lowest BCUT2D eigenvalue weighted by Crippen LogP contribution is -2.43. The number of rotatable bonds is 2. The molecule has 0 bridgehead atoms. The van der Waals surface area contributed by atoms with Crippen molar-refractivity contribution in [2.75, 3.05) is 22.1 Å². The quantitative estimate of drug-likeness (QED) is 0.892. The molecule has 1 fully saturated rings. The van der Waals surface area contributed by atoms with Crippen LogP contribution >= 0.6 is 0 Å². The van der Waals surface area contributed by atoms with Crippen LogP contribution in [0.15, 0.2) is 42.7 Å². The lowest BCUT2D eigenvalue weighted by atomic mass is 10.1. The van der Waals surface area contributed by atoms with Crippen molar-refractivity contribution < 1.29 is 9.59 Å². The van der Waals surface area contributed by atoms with Crippen LogP contribution in [0, 0.1) is 0 Å². The van der Waals surface area contributed by atoms with Crippen LogP contribution < -0.4 is 15.5 Å². The molecule has 4 rings (SSSR count). The van der Waals surface area contributed by atoms with Gasteiger partial charge in [0, 0.05) is 18.3 Å². The Morgan fingerprint density at radius 2 is 2.26 bits per heavy atom. The average Bonchev–Trinajstić information content (AvgIpc) is 3.06. The van der Waals surface area contributed by atoms with E-state index >= 15 is 0 Å². The number of fused-ring (bicyclic) bond motifs is 3. The number of pyridine rings is 1. The van der Waals surface area contributed by atoms with Crippen molar-refractivity contribution in [1.82, 2.24) is 4.98 Å². The van der Waals surface area contributed by atoms with Crippen LogP contribution in [0.2, 0.25) is 0 Å². The number of aromatic nitrogens is 1. The van der Waals surface area contributed by atoms with Crippen molar-refractivity contribution >= 4 is 28.9 Å².